The summed E-state index contributed by atoms with van der Waals surface area (Å²) in [5.41, 5.74) is 5.92. The lowest BCUT2D eigenvalue weighted by Gasteiger charge is -2.35. The fourth-order valence-corrected chi connectivity index (χ4v) is 5.98. The first-order valence-corrected chi connectivity index (χ1v) is 13.2. The van der Waals surface area contributed by atoms with Crippen LogP contribution in [0.2, 0.25) is 0 Å². The van der Waals surface area contributed by atoms with Crippen molar-refractivity contribution in [1.82, 2.24) is 0 Å². The van der Waals surface area contributed by atoms with Crippen LogP contribution in [0.4, 0.5) is 13.2 Å². The van der Waals surface area contributed by atoms with E-state index in [1.54, 1.807) is 6.07 Å². The predicted molar refractivity (Wildman–Crippen MR) is 142 cm³/mol. The molecular formula is C32H41F3. The van der Waals surface area contributed by atoms with Gasteiger partial charge in [-0.05, 0) is 68.9 Å². The molecular weight excluding hydrogens is 441 g/mol. The number of hydrogen-bond acceptors (Lipinski definition) is 0. The number of halogens is 3. The Balaban J connectivity index is 1.87. The SMILES string of the molecule is CC1(CC2=Cc3c(-c4cc(C(C)(C)C)cc(C(C)(C)C)c4)cccc3C2C(F)(F)F)CCCCC1. The van der Waals surface area contributed by atoms with E-state index in [9.17, 15) is 13.2 Å². The van der Waals surface area contributed by atoms with E-state index in [0.29, 0.717) is 17.6 Å². The lowest BCUT2D eigenvalue weighted by molar-refractivity contribution is -0.142. The summed E-state index contributed by atoms with van der Waals surface area (Å²) in [5.74, 6) is -1.50. The molecule has 1 fully saturated rings. The van der Waals surface area contributed by atoms with Crippen LogP contribution >= 0.6 is 0 Å². The van der Waals surface area contributed by atoms with Crippen molar-refractivity contribution < 1.29 is 13.2 Å². The van der Waals surface area contributed by atoms with Crippen LogP contribution in [0, 0.1) is 5.41 Å². The van der Waals surface area contributed by atoms with Crippen LogP contribution in [0.15, 0.2) is 42.0 Å². The van der Waals surface area contributed by atoms with E-state index in [-0.39, 0.29) is 16.2 Å². The van der Waals surface area contributed by atoms with Gasteiger partial charge in [-0.1, -0.05) is 116 Å². The Morgan fingerprint density at radius 2 is 1.40 bits per heavy atom. The van der Waals surface area contributed by atoms with Crippen LogP contribution in [0.5, 0.6) is 0 Å². The highest BCUT2D eigenvalue weighted by Crippen LogP contribution is 2.54. The Bertz CT molecular complexity index is 1080. The molecule has 190 valence electrons. The number of alkyl halides is 3. The third-order valence-electron chi connectivity index (χ3n) is 8.15. The van der Waals surface area contributed by atoms with Crippen molar-refractivity contribution in [3.63, 3.8) is 0 Å². The largest absolute Gasteiger partial charge is 0.399 e. The zero-order valence-corrected chi connectivity index (χ0v) is 22.5. The Kier molecular flexibility index (Phi) is 6.56. The maximum absolute atomic E-state index is 14.5. The molecule has 0 nitrogen and oxygen atoms in total. The zero-order valence-electron chi connectivity index (χ0n) is 22.5. The average Bonchev–Trinajstić information content (AvgIpc) is 3.10. The van der Waals surface area contributed by atoms with Crippen molar-refractivity contribution in [3.05, 3.63) is 64.2 Å². The summed E-state index contributed by atoms with van der Waals surface area (Å²) in [6.45, 7) is 15.3. The van der Waals surface area contributed by atoms with E-state index in [2.05, 4.69) is 66.7 Å². The number of fused-ring (bicyclic) bond motifs is 1. The number of benzene rings is 2. The van der Waals surface area contributed by atoms with Crippen molar-refractivity contribution in [2.24, 2.45) is 5.41 Å². The summed E-state index contributed by atoms with van der Waals surface area (Å²) < 4.78 is 43.5. The van der Waals surface area contributed by atoms with Crippen LogP contribution in [-0.4, -0.2) is 6.18 Å². The summed E-state index contributed by atoms with van der Waals surface area (Å²) >= 11 is 0. The average molecular weight is 483 g/mol. The van der Waals surface area contributed by atoms with E-state index in [1.807, 2.05) is 18.2 Å². The molecule has 3 heteroatoms. The first-order chi connectivity index (χ1) is 16.1. The number of rotatable bonds is 3. The second-order valence-electron chi connectivity index (χ2n) is 13.3. The van der Waals surface area contributed by atoms with Crippen molar-refractivity contribution in [3.8, 4) is 11.1 Å². The summed E-state index contributed by atoms with van der Waals surface area (Å²) in [4.78, 5) is 0. The smallest absolute Gasteiger partial charge is 0.170 e. The van der Waals surface area contributed by atoms with Crippen LogP contribution in [0.1, 0.15) is 115 Å². The van der Waals surface area contributed by atoms with Crippen LogP contribution in [0.25, 0.3) is 17.2 Å². The molecule has 0 aromatic heterocycles. The van der Waals surface area contributed by atoms with E-state index in [4.69, 9.17) is 0 Å². The van der Waals surface area contributed by atoms with E-state index in [1.165, 1.54) is 17.5 Å². The standard InChI is InChI=1S/C32H41F3/c1-29(2,3)23-16-21(17-24(19-23)30(4,5)6)25-12-11-13-26-27(25)18-22(28(26)32(33,34)35)20-31(7)14-9-8-10-15-31/h11-13,16-19,28H,8-10,14-15,20H2,1-7H3. The van der Waals surface area contributed by atoms with Gasteiger partial charge in [0.2, 0.25) is 0 Å². The van der Waals surface area contributed by atoms with E-state index in [0.717, 1.165) is 42.4 Å². The summed E-state index contributed by atoms with van der Waals surface area (Å²) in [5, 5.41) is 0. The van der Waals surface area contributed by atoms with E-state index < -0.39 is 12.1 Å². The minimum atomic E-state index is -4.29. The maximum Gasteiger partial charge on any atom is 0.399 e. The first kappa shape index (κ1) is 26.0. The second-order valence-corrected chi connectivity index (χ2v) is 13.3. The van der Waals surface area contributed by atoms with Gasteiger partial charge in [-0.15, -0.1) is 0 Å². The maximum atomic E-state index is 14.5. The van der Waals surface area contributed by atoms with Gasteiger partial charge in [-0.25, -0.2) is 0 Å². The molecule has 0 spiro atoms. The van der Waals surface area contributed by atoms with Gasteiger partial charge in [0.1, 0.15) is 5.92 Å². The topological polar surface area (TPSA) is 0 Å². The fourth-order valence-electron chi connectivity index (χ4n) is 5.98. The van der Waals surface area contributed by atoms with Gasteiger partial charge in [-0.2, -0.15) is 13.2 Å². The first-order valence-electron chi connectivity index (χ1n) is 13.2. The Morgan fingerprint density at radius 1 is 0.829 bits per heavy atom. The summed E-state index contributed by atoms with van der Waals surface area (Å²) in [7, 11) is 0. The molecule has 0 saturated heterocycles. The van der Waals surface area contributed by atoms with E-state index >= 15 is 0 Å². The molecule has 1 unspecified atom stereocenters. The summed E-state index contributed by atoms with van der Waals surface area (Å²) in [6, 6.07) is 12.1. The molecule has 1 atom stereocenters. The molecule has 0 heterocycles. The van der Waals surface area contributed by atoms with Crippen molar-refractivity contribution >= 4 is 6.08 Å². The Hall–Kier alpha value is -2.03. The normalized spacial score (nSPS) is 20.5. The minimum absolute atomic E-state index is 0.0403. The van der Waals surface area contributed by atoms with Gasteiger partial charge in [-0.3, -0.25) is 0 Å². The quantitative estimate of drug-likeness (QED) is 0.408. The molecule has 0 aliphatic heterocycles. The molecule has 0 bridgehead atoms. The fraction of sp³-hybridized carbons (Fsp3) is 0.562. The molecule has 0 radical (unpaired) electrons. The Labute approximate surface area is 210 Å². The van der Waals surface area contributed by atoms with Crippen LogP contribution in [-0.2, 0) is 10.8 Å². The molecule has 2 aliphatic rings. The van der Waals surface area contributed by atoms with Gasteiger partial charge in [0.25, 0.3) is 0 Å². The number of allylic oxidation sites excluding steroid dienone is 1. The Morgan fingerprint density at radius 3 is 1.91 bits per heavy atom. The van der Waals surface area contributed by atoms with Gasteiger partial charge < -0.3 is 0 Å². The zero-order chi connectivity index (χ0) is 25.8. The molecule has 35 heavy (non-hydrogen) atoms. The van der Waals surface area contributed by atoms with Crippen LogP contribution in [0.3, 0.4) is 0 Å². The summed E-state index contributed by atoms with van der Waals surface area (Å²) in [6.07, 6.45) is 3.60. The third-order valence-corrected chi connectivity index (χ3v) is 8.15. The molecule has 0 amide bonds. The minimum Gasteiger partial charge on any atom is -0.170 e. The third kappa shape index (κ3) is 5.39. The lowest BCUT2D eigenvalue weighted by Crippen LogP contribution is -2.26. The molecule has 4 rings (SSSR count). The van der Waals surface area contributed by atoms with Gasteiger partial charge >= 0.3 is 6.18 Å². The highest BCUT2D eigenvalue weighted by molar-refractivity contribution is 5.83. The molecule has 2 aromatic carbocycles. The van der Waals surface area contributed by atoms with Crippen molar-refractivity contribution in [2.75, 3.05) is 0 Å². The molecule has 2 aliphatic carbocycles. The highest BCUT2D eigenvalue weighted by Gasteiger charge is 2.48. The van der Waals surface area contributed by atoms with Crippen LogP contribution < -0.4 is 0 Å². The molecule has 2 aromatic rings. The van der Waals surface area contributed by atoms with Gasteiger partial charge in [0, 0.05) is 0 Å². The van der Waals surface area contributed by atoms with Gasteiger partial charge in [0.15, 0.2) is 0 Å². The second kappa shape index (κ2) is 8.82. The van der Waals surface area contributed by atoms with Gasteiger partial charge in [0.05, 0.1) is 0 Å². The molecule has 0 N–H and O–H groups in total. The predicted octanol–water partition coefficient (Wildman–Crippen LogP) is 10.4. The molecule has 1 saturated carbocycles. The van der Waals surface area contributed by atoms with Crippen molar-refractivity contribution in [2.45, 2.75) is 110 Å². The lowest BCUT2D eigenvalue weighted by atomic mass is 9.70. The van der Waals surface area contributed by atoms with Crippen molar-refractivity contribution in [1.29, 1.82) is 0 Å². The highest BCUT2D eigenvalue weighted by atomic mass is 19.4. The number of hydrogen-bond donors (Lipinski definition) is 0. The monoisotopic (exact) mass is 482 g/mol.